The first-order chi connectivity index (χ1) is 7.42. The van der Waals surface area contributed by atoms with Crippen molar-refractivity contribution in [2.24, 2.45) is 0 Å². The summed E-state index contributed by atoms with van der Waals surface area (Å²) in [7, 11) is -1.18. The van der Waals surface area contributed by atoms with E-state index in [0.29, 0.717) is 23.9 Å². The van der Waals surface area contributed by atoms with E-state index in [9.17, 15) is 8.42 Å². The second-order valence-corrected chi connectivity index (χ2v) is 6.09. The predicted molar refractivity (Wildman–Crippen MR) is 64.6 cm³/mol. The standard InChI is InChI=1S/C9H14ClN3O2S/c1-13(5-6-16(2,14)15)9-4-3-8(7-10)11-12-9/h3-4H,5-7H2,1-2H3. The Balaban J connectivity index is 2.62. The van der Waals surface area contributed by atoms with Gasteiger partial charge in [-0.15, -0.1) is 16.7 Å². The Labute approximate surface area is 100 Å². The highest BCUT2D eigenvalue weighted by Gasteiger charge is 2.07. The molecule has 0 atom stereocenters. The molecule has 0 saturated carbocycles. The summed E-state index contributed by atoms with van der Waals surface area (Å²) in [4.78, 5) is 1.74. The number of hydrogen-bond acceptors (Lipinski definition) is 5. The molecule has 0 N–H and O–H groups in total. The zero-order chi connectivity index (χ0) is 12.2. The van der Waals surface area contributed by atoms with Crippen LogP contribution in [-0.2, 0) is 15.7 Å². The molecular weight excluding hydrogens is 250 g/mol. The van der Waals surface area contributed by atoms with Gasteiger partial charge >= 0.3 is 0 Å². The van der Waals surface area contributed by atoms with Crippen LogP contribution in [0.25, 0.3) is 0 Å². The van der Waals surface area contributed by atoms with Crippen molar-refractivity contribution in [2.45, 2.75) is 5.88 Å². The fourth-order valence-electron chi connectivity index (χ4n) is 1.05. The summed E-state index contributed by atoms with van der Waals surface area (Å²) in [5.74, 6) is 1.06. The number of sulfone groups is 1. The third kappa shape index (κ3) is 4.32. The van der Waals surface area contributed by atoms with Crippen LogP contribution in [0.2, 0.25) is 0 Å². The Bertz CT molecular complexity index is 433. The number of rotatable bonds is 5. The quantitative estimate of drug-likeness (QED) is 0.732. The lowest BCUT2D eigenvalue weighted by molar-refractivity contribution is 0.601. The number of nitrogens with zero attached hydrogens (tertiary/aromatic N) is 3. The molecule has 0 unspecified atom stereocenters. The maximum absolute atomic E-state index is 11.0. The van der Waals surface area contributed by atoms with Crippen molar-refractivity contribution < 1.29 is 8.42 Å². The van der Waals surface area contributed by atoms with Crippen LogP contribution in [0.4, 0.5) is 5.82 Å². The van der Waals surface area contributed by atoms with Gasteiger partial charge in [0.25, 0.3) is 0 Å². The van der Waals surface area contributed by atoms with Gasteiger partial charge in [-0.2, -0.15) is 5.10 Å². The van der Waals surface area contributed by atoms with Gasteiger partial charge in [-0.25, -0.2) is 8.42 Å². The first-order valence-corrected chi connectivity index (χ1v) is 7.29. The van der Waals surface area contributed by atoms with Gasteiger partial charge in [0.05, 0.1) is 17.3 Å². The first-order valence-electron chi connectivity index (χ1n) is 4.70. The molecule has 0 aliphatic rings. The molecule has 5 nitrogen and oxygen atoms in total. The fourth-order valence-corrected chi connectivity index (χ4v) is 1.79. The lowest BCUT2D eigenvalue weighted by Gasteiger charge is -2.16. The number of halogens is 1. The summed E-state index contributed by atoms with van der Waals surface area (Å²) in [6.45, 7) is 0.397. The summed E-state index contributed by atoms with van der Waals surface area (Å²) in [5.41, 5.74) is 0.696. The Morgan fingerprint density at radius 1 is 1.38 bits per heavy atom. The lowest BCUT2D eigenvalue weighted by atomic mass is 10.4. The minimum Gasteiger partial charge on any atom is -0.357 e. The number of aromatic nitrogens is 2. The second-order valence-electron chi connectivity index (χ2n) is 3.57. The normalized spacial score (nSPS) is 11.4. The zero-order valence-corrected chi connectivity index (χ0v) is 10.8. The second kappa shape index (κ2) is 5.45. The van der Waals surface area contributed by atoms with Crippen LogP contribution in [0, 0.1) is 0 Å². The van der Waals surface area contributed by atoms with E-state index in [-0.39, 0.29) is 5.75 Å². The van der Waals surface area contributed by atoms with Gasteiger partial charge in [-0.3, -0.25) is 0 Å². The fraction of sp³-hybridized carbons (Fsp3) is 0.556. The number of alkyl halides is 1. The van der Waals surface area contributed by atoms with E-state index in [1.54, 1.807) is 24.1 Å². The number of hydrogen-bond donors (Lipinski definition) is 0. The molecule has 1 rings (SSSR count). The van der Waals surface area contributed by atoms with Crippen LogP contribution in [-0.4, -0.2) is 44.2 Å². The molecule has 1 aromatic heterocycles. The zero-order valence-electron chi connectivity index (χ0n) is 9.22. The van der Waals surface area contributed by atoms with Gasteiger partial charge in [-0.1, -0.05) is 0 Å². The first kappa shape index (κ1) is 13.2. The minimum absolute atomic E-state index is 0.0996. The predicted octanol–water partition coefficient (Wildman–Crippen LogP) is 0.696. The molecule has 0 aliphatic heterocycles. The van der Waals surface area contributed by atoms with Crippen molar-refractivity contribution in [1.82, 2.24) is 10.2 Å². The van der Waals surface area contributed by atoms with Gasteiger partial charge in [0.15, 0.2) is 5.82 Å². The van der Waals surface area contributed by atoms with Crippen molar-refractivity contribution in [1.29, 1.82) is 0 Å². The molecule has 0 aromatic carbocycles. The van der Waals surface area contributed by atoms with E-state index in [0.717, 1.165) is 0 Å². The largest absolute Gasteiger partial charge is 0.357 e. The summed E-state index contributed by atoms with van der Waals surface area (Å²) in [6, 6.07) is 3.54. The Kier molecular flexibility index (Phi) is 4.49. The molecule has 0 bridgehead atoms. The smallest absolute Gasteiger partial charge is 0.151 e. The van der Waals surface area contributed by atoms with Crippen molar-refractivity contribution >= 4 is 27.3 Å². The highest BCUT2D eigenvalue weighted by Crippen LogP contribution is 2.08. The van der Waals surface area contributed by atoms with Gasteiger partial charge < -0.3 is 4.90 Å². The molecule has 0 saturated heterocycles. The van der Waals surface area contributed by atoms with E-state index in [1.807, 2.05) is 0 Å². The molecule has 0 spiro atoms. The highest BCUT2D eigenvalue weighted by molar-refractivity contribution is 7.90. The van der Waals surface area contributed by atoms with Gasteiger partial charge in [-0.05, 0) is 12.1 Å². The summed E-state index contributed by atoms with van der Waals surface area (Å²) in [5, 5.41) is 7.84. The van der Waals surface area contributed by atoms with E-state index < -0.39 is 9.84 Å². The highest BCUT2D eigenvalue weighted by atomic mass is 35.5. The summed E-state index contributed by atoms with van der Waals surface area (Å²) < 4.78 is 22.0. The molecule has 1 heterocycles. The molecule has 90 valence electrons. The molecule has 7 heteroatoms. The average Bonchev–Trinajstić information content (AvgIpc) is 2.25. The van der Waals surface area contributed by atoms with Crippen LogP contribution < -0.4 is 4.90 Å². The maximum Gasteiger partial charge on any atom is 0.151 e. The van der Waals surface area contributed by atoms with Gasteiger partial charge in [0, 0.05) is 19.8 Å². The summed E-state index contributed by atoms with van der Waals surface area (Å²) >= 11 is 5.58. The summed E-state index contributed by atoms with van der Waals surface area (Å²) in [6.07, 6.45) is 1.21. The molecule has 0 aliphatic carbocycles. The molecule has 0 amide bonds. The maximum atomic E-state index is 11.0. The van der Waals surface area contributed by atoms with Crippen LogP contribution in [0.15, 0.2) is 12.1 Å². The lowest BCUT2D eigenvalue weighted by Crippen LogP contribution is -2.25. The monoisotopic (exact) mass is 263 g/mol. The van der Waals surface area contributed by atoms with E-state index >= 15 is 0 Å². The molecule has 1 aromatic rings. The van der Waals surface area contributed by atoms with Crippen molar-refractivity contribution in [3.05, 3.63) is 17.8 Å². The van der Waals surface area contributed by atoms with Crippen LogP contribution in [0.5, 0.6) is 0 Å². The van der Waals surface area contributed by atoms with E-state index in [2.05, 4.69) is 10.2 Å². The third-order valence-electron chi connectivity index (χ3n) is 2.03. The van der Waals surface area contributed by atoms with Crippen molar-refractivity contribution in [3.63, 3.8) is 0 Å². The molecular formula is C9H14ClN3O2S. The molecule has 16 heavy (non-hydrogen) atoms. The van der Waals surface area contributed by atoms with Crippen molar-refractivity contribution in [3.8, 4) is 0 Å². The third-order valence-corrected chi connectivity index (χ3v) is 3.23. The van der Waals surface area contributed by atoms with E-state index in [4.69, 9.17) is 11.6 Å². The Hall–Kier alpha value is -0.880. The average molecular weight is 264 g/mol. The molecule has 0 radical (unpaired) electrons. The van der Waals surface area contributed by atoms with Gasteiger partial charge in [0.2, 0.25) is 0 Å². The van der Waals surface area contributed by atoms with Crippen molar-refractivity contribution in [2.75, 3.05) is 30.5 Å². The van der Waals surface area contributed by atoms with E-state index in [1.165, 1.54) is 6.26 Å². The number of anilines is 1. The minimum atomic E-state index is -2.95. The molecule has 0 fully saturated rings. The van der Waals surface area contributed by atoms with Crippen LogP contribution in [0.1, 0.15) is 5.69 Å². The van der Waals surface area contributed by atoms with Crippen LogP contribution >= 0.6 is 11.6 Å². The SMILES string of the molecule is CN(CCS(C)(=O)=O)c1ccc(CCl)nn1. The van der Waals surface area contributed by atoms with Gasteiger partial charge in [0.1, 0.15) is 9.84 Å². The van der Waals surface area contributed by atoms with Crippen LogP contribution in [0.3, 0.4) is 0 Å². The Morgan fingerprint density at radius 2 is 2.06 bits per heavy atom. The topological polar surface area (TPSA) is 63.2 Å². The Morgan fingerprint density at radius 3 is 2.50 bits per heavy atom.